The quantitative estimate of drug-likeness (QED) is 0.896. The maximum Gasteiger partial charge on any atom is 0.255 e. The Hall–Kier alpha value is -1.88. The van der Waals surface area contributed by atoms with Crippen LogP contribution in [0.2, 0.25) is 0 Å². The molecule has 2 N–H and O–H groups in total. The molecule has 2 aromatic rings. The second-order valence-electron chi connectivity index (χ2n) is 3.87. The molecular formula is C13H12FNO2S. The van der Waals surface area contributed by atoms with E-state index in [2.05, 4.69) is 5.32 Å². The molecule has 1 aromatic heterocycles. The normalized spacial score (nSPS) is 12.1. The van der Waals surface area contributed by atoms with Crippen molar-refractivity contribution in [2.24, 2.45) is 0 Å². The van der Waals surface area contributed by atoms with Gasteiger partial charge in [-0.1, -0.05) is 6.07 Å². The number of rotatable bonds is 3. The SMILES string of the molecule is CC(NC(=O)c1ccc(F)cc1O)c1cccs1. The van der Waals surface area contributed by atoms with E-state index in [0.29, 0.717) is 0 Å². The molecule has 2 rings (SSSR count). The number of phenolic OH excluding ortho intramolecular Hbond substituents is 1. The van der Waals surface area contributed by atoms with Gasteiger partial charge in [0.2, 0.25) is 0 Å². The highest BCUT2D eigenvalue weighted by atomic mass is 32.1. The number of thiophene rings is 1. The van der Waals surface area contributed by atoms with E-state index in [1.54, 1.807) is 0 Å². The Morgan fingerprint density at radius 1 is 1.44 bits per heavy atom. The molecule has 1 heterocycles. The van der Waals surface area contributed by atoms with Crippen molar-refractivity contribution in [3.8, 4) is 5.75 Å². The summed E-state index contributed by atoms with van der Waals surface area (Å²) in [5, 5.41) is 14.2. The first-order valence-electron chi connectivity index (χ1n) is 5.40. The van der Waals surface area contributed by atoms with Gasteiger partial charge in [0.15, 0.2) is 0 Å². The van der Waals surface area contributed by atoms with Gasteiger partial charge >= 0.3 is 0 Å². The fourth-order valence-corrected chi connectivity index (χ4v) is 2.31. The molecule has 0 aliphatic carbocycles. The molecule has 0 aliphatic heterocycles. The minimum Gasteiger partial charge on any atom is -0.507 e. The number of hydrogen-bond acceptors (Lipinski definition) is 3. The topological polar surface area (TPSA) is 49.3 Å². The van der Waals surface area contributed by atoms with E-state index in [4.69, 9.17) is 0 Å². The van der Waals surface area contributed by atoms with E-state index < -0.39 is 11.7 Å². The molecule has 0 bridgehead atoms. The predicted molar refractivity (Wildman–Crippen MR) is 68.3 cm³/mol. The summed E-state index contributed by atoms with van der Waals surface area (Å²) in [6.07, 6.45) is 0. The van der Waals surface area contributed by atoms with Gasteiger partial charge in [-0.3, -0.25) is 4.79 Å². The zero-order valence-electron chi connectivity index (χ0n) is 9.68. The highest BCUT2D eigenvalue weighted by Crippen LogP contribution is 2.21. The average molecular weight is 265 g/mol. The molecule has 1 unspecified atom stereocenters. The monoisotopic (exact) mass is 265 g/mol. The van der Waals surface area contributed by atoms with Gasteiger partial charge < -0.3 is 10.4 Å². The van der Waals surface area contributed by atoms with Crippen LogP contribution in [0.5, 0.6) is 5.75 Å². The van der Waals surface area contributed by atoms with Gasteiger partial charge in [-0.15, -0.1) is 11.3 Å². The maximum absolute atomic E-state index is 12.8. The minimum atomic E-state index is -0.574. The number of carbonyl (C=O) groups is 1. The van der Waals surface area contributed by atoms with Crippen LogP contribution in [-0.4, -0.2) is 11.0 Å². The fourth-order valence-electron chi connectivity index (χ4n) is 1.58. The van der Waals surface area contributed by atoms with Crippen molar-refractivity contribution in [2.45, 2.75) is 13.0 Å². The molecule has 1 atom stereocenters. The third kappa shape index (κ3) is 2.68. The molecule has 0 fully saturated rings. The Labute approximate surface area is 108 Å². The van der Waals surface area contributed by atoms with E-state index in [1.807, 2.05) is 24.4 Å². The lowest BCUT2D eigenvalue weighted by molar-refractivity contribution is 0.0938. The highest BCUT2D eigenvalue weighted by Gasteiger charge is 2.15. The Morgan fingerprint density at radius 3 is 2.83 bits per heavy atom. The zero-order valence-corrected chi connectivity index (χ0v) is 10.5. The number of nitrogens with one attached hydrogen (secondary N) is 1. The van der Waals surface area contributed by atoms with E-state index in [-0.39, 0.29) is 17.4 Å². The van der Waals surface area contributed by atoms with Crippen LogP contribution < -0.4 is 5.32 Å². The first-order valence-corrected chi connectivity index (χ1v) is 6.28. The standard InChI is InChI=1S/C13H12FNO2S/c1-8(12-3-2-6-18-12)15-13(17)10-5-4-9(14)7-11(10)16/h2-8,16H,1H3,(H,15,17). The summed E-state index contributed by atoms with van der Waals surface area (Å²) in [6.45, 7) is 1.85. The van der Waals surface area contributed by atoms with Crippen molar-refractivity contribution >= 4 is 17.2 Å². The number of phenols is 1. The Balaban J connectivity index is 2.12. The lowest BCUT2D eigenvalue weighted by Gasteiger charge is -2.12. The van der Waals surface area contributed by atoms with Crippen LogP contribution in [0, 0.1) is 5.82 Å². The molecule has 0 saturated heterocycles. The lowest BCUT2D eigenvalue weighted by Crippen LogP contribution is -2.26. The molecule has 94 valence electrons. The molecular weight excluding hydrogens is 253 g/mol. The molecule has 1 amide bonds. The number of benzene rings is 1. The fraction of sp³-hybridized carbons (Fsp3) is 0.154. The molecule has 0 aliphatic rings. The van der Waals surface area contributed by atoms with Gasteiger partial charge in [0.25, 0.3) is 5.91 Å². The molecule has 0 spiro atoms. The van der Waals surface area contributed by atoms with Crippen molar-refractivity contribution in [2.75, 3.05) is 0 Å². The van der Waals surface area contributed by atoms with E-state index in [0.717, 1.165) is 17.0 Å². The third-order valence-electron chi connectivity index (χ3n) is 2.52. The molecule has 0 saturated carbocycles. The van der Waals surface area contributed by atoms with Gasteiger partial charge in [-0.2, -0.15) is 0 Å². The van der Waals surface area contributed by atoms with Crippen LogP contribution >= 0.6 is 11.3 Å². The van der Waals surface area contributed by atoms with Gasteiger partial charge in [-0.25, -0.2) is 4.39 Å². The first-order chi connectivity index (χ1) is 8.58. The highest BCUT2D eigenvalue weighted by molar-refractivity contribution is 7.10. The van der Waals surface area contributed by atoms with E-state index in [9.17, 15) is 14.3 Å². The Bertz CT molecular complexity index is 554. The van der Waals surface area contributed by atoms with Gasteiger partial charge in [0, 0.05) is 10.9 Å². The first kappa shape index (κ1) is 12.6. The third-order valence-corrected chi connectivity index (χ3v) is 3.58. The summed E-state index contributed by atoms with van der Waals surface area (Å²) < 4.78 is 12.8. The van der Waals surface area contributed by atoms with Crippen molar-refractivity contribution in [1.29, 1.82) is 0 Å². The van der Waals surface area contributed by atoms with Gasteiger partial charge in [0.05, 0.1) is 11.6 Å². The summed E-state index contributed by atoms with van der Waals surface area (Å²) in [7, 11) is 0. The summed E-state index contributed by atoms with van der Waals surface area (Å²) in [4.78, 5) is 12.9. The van der Waals surface area contributed by atoms with Crippen molar-refractivity contribution < 1.29 is 14.3 Å². The van der Waals surface area contributed by atoms with Crippen molar-refractivity contribution in [1.82, 2.24) is 5.32 Å². The predicted octanol–water partition coefficient (Wildman–Crippen LogP) is 3.08. The van der Waals surface area contributed by atoms with Crippen LogP contribution in [0.1, 0.15) is 28.2 Å². The van der Waals surface area contributed by atoms with E-state index in [1.165, 1.54) is 17.4 Å². The number of amides is 1. The molecule has 3 nitrogen and oxygen atoms in total. The summed E-state index contributed by atoms with van der Waals surface area (Å²) in [5.74, 6) is -1.35. The second-order valence-corrected chi connectivity index (χ2v) is 4.85. The summed E-state index contributed by atoms with van der Waals surface area (Å²) in [6, 6.07) is 7.00. The molecule has 18 heavy (non-hydrogen) atoms. The van der Waals surface area contributed by atoms with Crippen molar-refractivity contribution in [3.63, 3.8) is 0 Å². The van der Waals surface area contributed by atoms with Crippen LogP contribution in [0.25, 0.3) is 0 Å². The number of carbonyl (C=O) groups excluding carboxylic acids is 1. The number of hydrogen-bond donors (Lipinski definition) is 2. The number of aromatic hydroxyl groups is 1. The number of halogens is 1. The maximum atomic E-state index is 12.8. The molecule has 5 heteroatoms. The second kappa shape index (κ2) is 5.18. The van der Waals surface area contributed by atoms with Crippen LogP contribution in [0.15, 0.2) is 35.7 Å². The van der Waals surface area contributed by atoms with Crippen LogP contribution in [0.3, 0.4) is 0 Å². The van der Waals surface area contributed by atoms with E-state index >= 15 is 0 Å². The lowest BCUT2D eigenvalue weighted by atomic mass is 10.1. The van der Waals surface area contributed by atoms with Crippen LogP contribution in [0.4, 0.5) is 4.39 Å². The Morgan fingerprint density at radius 2 is 2.22 bits per heavy atom. The van der Waals surface area contributed by atoms with Gasteiger partial charge in [0.1, 0.15) is 11.6 Å². The molecule has 0 radical (unpaired) electrons. The smallest absolute Gasteiger partial charge is 0.255 e. The van der Waals surface area contributed by atoms with Crippen LogP contribution in [-0.2, 0) is 0 Å². The average Bonchev–Trinajstić information content (AvgIpc) is 2.81. The Kier molecular flexibility index (Phi) is 3.62. The van der Waals surface area contributed by atoms with Crippen molar-refractivity contribution in [3.05, 3.63) is 52.0 Å². The molecule has 1 aromatic carbocycles. The summed E-state index contributed by atoms with van der Waals surface area (Å²) in [5.41, 5.74) is 0.0693. The summed E-state index contributed by atoms with van der Waals surface area (Å²) >= 11 is 1.54. The largest absolute Gasteiger partial charge is 0.507 e. The minimum absolute atomic E-state index is 0.0693. The van der Waals surface area contributed by atoms with Gasteiger partial charge in [-0.05, 0) is 30.5 Å². The zero-order chi connectivity index (χ0) is 13.1.